The number of carbonyl (C=O) groups excluding carboxylic acids is 1. The molecule has 2 unspecified atom stereocenters. The van der Waals surface area contributed by atoms with Gasteiger partial charge in [-0.25, -0.2) is 4.79 Å². The lowest BCUT2D eigenvalue weighted by molar-refractivity contribution is 0.0285. The number of nitrogens with one attached hydrogen (secondary N) is 1. The molecule has 0 aromatic carbocycles. The quantitative estimate of drug-likeness (QED) is 0.867. The molecule has 2 heterocycles. The topological polar surface area (TPSA) is 41.6 Å². The predicted octanol–water partition coefficient (Wildman–Crippen LogP) is 4.35. The van der Waals surface area contributed by atoms with Gasteiger partial charge in [-0.2, -0.15) is 0 Å². The van der Waals surface area contributed by atoms with Crippen LogP contribution in [-0.4, -0.2) is 36.2 Å². The largest absolute Gasteiger partial charge is 0.444 e. The molecule has 0 saturated carbocycles. The van der Waals surface area contributed by atoms with Crippen LogP contribution in [0.25, 0.3) is 0 Å². The number of hydrogen-bond donors (Lipinski definition) is 1. The van der Waals surface area contributed by atoms with Gasteiger partial charge in [-0.15, -0.1) is 11.3 Å². The third kappa shape index (κ3) is 5.21. The Kier molecular flexibility index (Phi) is 6.09. The molecule has 1 aromatic rings. The van der Waals surface area contributed by atoms with Crippen molar-refractivity contribution in [1.29, 1.82) is 0 Å². The Morgan fingerprint density at radius 2 is 2.22 bits per heavy atom. The van der Waals surface area contributed by atoms with E-state index in [2.05, 4.69) is 31.3 Å². The van der Waals surface area contributed by atoms with Crippen LogP contribution in [0.3, 0.4) is 0 Å². The highest BCUT2D eigenvalue weighted by Gasteiger charge is 2.34. The summed E-state index contributed by atoms with van der Waals surface area (Å²) in [6, 6.07) is 4.74. The van der Waals surface area contributed by atoms with Crippen LogP contribution in [0.2, 0.25) is 0 Å². The third-order valence-electron chi connectivity index (χ3n) is 4.03. The van der Waals surface area contributed by atoms with Crippen molar-refractivity contribution >= 4 is 17.4 Å². The number of ether oxygens (including phenoxy) is 1. The first-order valence-corrected chi connectivity index (χ1v) is 9.39. The fourth-order valence-electron chi connectivity index (χ4n) is 2.97. The second kappa shape index (κ2) is 7.67. The maximum absolute atomic E-state index is 12.3. The Morgan fingerprint density at radius 1 is 1.48 bits per heavy atom. The minimum atomic E-state index is -0.431. The summed E-state index contributed by atoms with van der Waals surface area (Å²) in [5, 5.41) is 3.68. The highest BCUT2D eigenvalue weighted by Crippen LogP contribution is 2.34. The molecule has 0 spiro atoms. The second-order valence-corrected chi connectivity index (χ2v) is 8.67. The van der Waals surface area contributed by atoms with E-state index in [0.717, 1.165) is 32.5 Å². The van der Waals surface area contributed by atoms with E-state index in [1.807, 2.05) is 37.0 Å². The van der Waals surface area contributed by atoms with Crippen LogP contribution < -0.4 is 5.32 Å². The summed E-state index contributed by atoms with van der Waals surface area (Å²) < 4.78 is 5.51. The van der Waals surface area contributed by atoms with Gasteiger partial charge in [-0.1, -0.05) is 6.92 Å². The summed E-state index contributed by atoms with van der Waals surface area (Å²) in [4.78, 5) is 16.8. The lowest BCUT2D eigenvalue weighted by atomic mass is 9.97. The van der Waals surface area contributed by atoms with Crippen LogP contribution in [0.5, 0.6) is 0 Å². The summed E-state index contributed by atoms with van der Waals surface area (Å²) in [6.07, 6.45) is 1.96. The molecule has 0 radical (unpaired) electrons. The van der Waals surface area contributed by atoms with Gasteiger partial charge in [0.15, 0.2) is 0 Å². The average molecular weight is 339 g/mol. The van der Waals surface area contributed by atoms with E-state index >= 15 is 0 Å². The Hall–Kier alpha value is -1.07. The van der Waals surface area contributed by atoms with Crippen LogP contribution >= 0.6 is 11.3 Å². The van der Waals surface area contributed by atoms with Crippen molar-refractivity contribution in [3.05, 3.63) is 21.9 Å². The smallest absolute Gasteiger partial charge is 0.410 e. The molecule has 1 fully saturated rings. The molecule has 4 nitrogen and oxygen atoms in total. The third-order valence-corrected chi connectivity index (χ3v) is 5.11. The van der Waals surface area contributed by atoms with E-state index in [1.54, 1.807) is 0 Å². The van der Waals surface area contributed by atoms with Gasteiger partial charge in [0.05, 0.1) is 0 Å². The number of hydrogen-bond acceptors (Lipinski definition) is 4. The summed E-state index contributed by atoms with van der Waals surface area (Å²) in [5.41, 5.74) is -0.431. The van der Waals surface area contributed by atoms with Crippen LogP contribution in [0.15, 0.2) is 12.1 Å². The maximum Gasteiger partial charge on any atom is 0.410 e. The van der Waals surface area contributed by atoms with E-state index in [1.165, 1.54) is 9.75 Å². The van der Waals surface area contributed by atoms with Gasteiger partial charge in [-0.05, 0) is 65.1 Å². The lowest BCUT2D eigenvalue weighted by Gasteiger charge is -2.26. The SMILES string of the molecule is CCCNC(c1ccc(C)s1)C1CCN(C(=O)OC(C)(C)C)C1. The van der Waals surface area contributed by atoms with Crippen molar-refractivity contribution in [2.24, 2.45) is 5.92 Å². The van der Waals surface area contributed by atoms with Crippen molar-refractivity contribution in [3.63, 3.8) is 0 Å². The number of amides is 1. The van der Waals surface area contributed by atoms with E-state index in [4.69, 9.17) is 4.74 Å². The molecule has 0 aliphatic carbocycles. The molecular weight excluding hydrogens is 308 g/mol. The molecule has 2 atom stereocenters. The molecule has 1 aliphatic heterocycles. The Balaban J connectivity index is 2.02. The van der Waals surface area contributed by atoms with Gasteiger partial charge in [-0.3, -0.25) is 0 Å². The Morgan fingerprint density at radius 3 is 2.78 bits per heavy atom. The van der Waals surface area contributed by atoms with Crippen molar-refractivity contribution < 1.29 is 9.53 Å². The van der Waals surface area contributed by atoms with Gasteiger partial charge in [0.1, 0.15) is 5.60 Å². The standard InChI is InChI=1S/C18H30N2O2S/c1-6-10-19-16(15-8-7-13(2)23-15)14-9-11-20(12-14)17(21)22-18(3,4)5/h7-8,14,16,19H,6,9-12H2,1-5H3. The monoisotopic (exact) mass is 338 g/mol. The van der Waals surface area contributed by atoms with E-state index in [0.29, 0.717) is 12.0 Å². The normalized spacial score (nSPS) is 19.9. The van der Waals surface area contributed by atoms with Crippen molar-refractivity contribution in [1.82, 2.24) is 10.2 Å². The fourth-order valence-corrected chi connectivity index (χ4v) is 4.02. The van der Waals surface area contributed by atoms with Crippen LogP contribution in [0.1, 0.15) is 56.3 Å². The van der Waals surface area contributed by atoms with Gasteiger partial charge >= 0.3 is 6.09 Å². The first-order valence-electron chi connectivity index (χ1n) is 8.58. The molecule has 0 bridgehead atoms. The van der Waals surface area contributed by atoms with Crippen molar-refractivity contribution in [3.8, 4) is 0 Å². The summed E-state index contributed by atoms with van der Waals surface area (Å²) in [7, 11) is 0. The van der Waals surface area contributed by atoms with Crippen molar-refractivity contribution in [2.45, 2.75) is 59.1 Å². The molecule has 130 valence electrons. The van der Waals surface area contributed by atoms with E-state index < -0.39 is 5.60 Å². The highest BCUT2D eigenvalue weighted by molar-refractivity contribution is 7.12. The number of likely N-dealkylation sites (tertiary alicyclic amines) is 1. The molecular formula is C18H30N2O2S. The molecule has 1 saturated heterocycles. The zero-order chi connectivity index (χ0) is 17.0. The molecule has 2 rings (SSSR count). The van der Waals surface area contributed by atoms with Crippen LogP contribution in [-0.2, 0) is 4.74 Å². The Labute approximate surface area is 144 Å². The number of nitrogens with zero attached hydrogens (tertiary/aromatic N) is 1. The second-order valence-electron chi connectivity index (χ2n) is 7.36. The average Bonchev–Trinajstić information content (AvgIpc) is 3.07. The molecule has 1 aromatic heterocycles. The van der Waals surface area contributed by atoms with E-state index in [-0.39, 0.29) is 6.09 Å². The number of thiophene rings is 1. The highest BCUT2D eigenvalue weighted by atomic mass is 32.1. The fraction of sp³-hybridized carbons (Fsp3) is 0.722. The van der Waals surface area contributed by atoms with Crippen LogP contribution in [0.4, 0.5) is 4.79 Å². The summed E-state index contributed by atoms with van der Waals surface area (Å²) in [6.45, 7) is 12.6. The first kappa shape index (κ1) is 18.3. The van der Waals surface area contributed by atoms with Gasteiger partial charge in [0.25, 0.3) is 0 Å². The minimum absolute atomic E-state index is 0.184. The maximum atomic E-state index is 12.3. The Bertz CT molecular complexity index is 521. The molecule has 5 heteroatoms. The zero-order valence-corrected chi connectivity index (χ0v) is 15.8. The van der Waals surface area contributed by atoms with Gasteiger partial charge in [0.2, 0.25) is 0 Å². The molecule has 1 N–H and O–H groups in total. The molecule has 1 amide bonds. The molecule has 1 aliphatic rings. The summed E-state index contributed by atoms with van der Waals surface area (Å²) in [5.74, 6) is 0.451. The van der Waals surface area contributed by atoms with Crippen molar-refractivity contribution in [2.75, 3.05) is 19.6 Å². The zero-order valence-electron chi connectivity index (χ0n) is 15.0. The minimum Gasteiger partial charge on any atom is -0.444 e. The lowest BCUT2D eigenvalue weighted by Crippen LogP contribution is -2.36. The van der Waals surface area contributed by atoms with Gasteiger partial charge < -0.3 is 15.0 Å². The number of carbonyl (C=O) groups is 1. The predicted molar refractivity (Wildman–Crippen MR) is 96.0 cm³/mol. The van der Waals surface area contributed by atoms with Gasteiger partial charge in [0, 0.05) is 28.9 Å². The summed E-state index contributed by atoms with van der Waals surface area (Å²) >= 11 is 1.86. The molecule has 23 heavy (non-hydrogen) atoms. The van der Waals surface area contributed by atoms with Crippen LogP contribution in [0, 0.1) is 12.8 Å². The number of aryl methyl sites for hydroxylation is 1. The number of rotatable bonds is 5. The van der Waals surface area contributed by atoms with E-state index in [9.17, 15) is 4.79 Å². The first-order chi connectivity index (χ1) is 10.8.